The number of alkyl halides is 6. The van der Waals surface area contributed by atoms with Crippen molar-refractivity contribution in [2.75, 3.05) is 49.1 Å². The molecule has 0 unspecified atom stereocenters. The standard InChI is InChI=1S/C36H47F3N2O6.C27H31F3N2O4.ClH/c1-34(2,3)46-32(43)17-18-40(33(44)47-35(4,5)6)22-31(42)41-19-16-26-20-28(14-15-30(26)41)45-23-27-13-12-25(21-29(27)36(37,38)39)24-10-8-7-9-11-24;28-27(29,30)23-15-19(18-4-2-1-3-5-18)6-7-21(23)17-36-22-8-9-24-20(14-22)11-13-32(24)25(33)16-31-12-10-26(34)35;/h12-15,20-21,24H,7-11,16-19,22-23H2,1-6H3;6-9,14-15,18,31H,1-5,10-13,16-17H2,(H,34,35);1H. The van der Waals surface area contributed by atoms with E-state index >= 15 is 0 Å². The van der Waals surface area contributed by atoms with E-state index in [0.717, 1.165) is 92.1 Å². The molecule has 0 atom stereocenters. The third-order valence-corrected chi connectivity index (χ3v) is 15.1. The predicted octanol–water partition coefficient (Wildman–Crippen LogP) is 13.9. The van der Waals surface area contributed by atoms with Gasteiger partial charge >= 0.3 is 30.4 Å². The molecule has 4 aliphatic rings. The number of carboxylic acid groups (broad SMARTS) is 1. The highest BCUT2D eigenvalue weighted by Crippen LogP contribution is 2.41. The fourth-order valence-electron chi connectivity index (χ4n) is 11.0. The van der Waals surface area contributed by atoms with E-state index in [1.165, 1.54) is 29.2 Å². The number of halogens is 7. The van der Waals surface area contributed by atoms with Gasteiger partial charge in [0, 0.05) is 48.7 Å². The Bertz CT molecular complexity index is 2930. The van der Waals surface area contributed by atoms with Crippen molar-refractivity contribution in [2.24, 2.45) is 0 Å². The van der Waals surface area contributed by atoms with E-state index in [1.807, 2.05) is 0 Å². The second-order valence-electron chi connectivity index (χ2n) is 23.8. The van der Waals surface area contributed by atoms with Crippen LogP contribution in [0.3, 0.4) is 0 Å². The lowest BCUT2D eigenvalue weighted by Gasteiger charge is -2.29. The number of anilines is 2. The summed E-state index contributed by atoms with van der Waals surface area (Å²) in [5.41, 5.74) is 1.92. The predicted molar refractivity (Wildman–Crippen MR) is 309 cm³/mol. The van der Waals surface area contributed by atoms with Gasteiger partial charge in [-0.1, -0.05) is 62.8 Å². The number of carbonyl (C=O) groups is 5. The van der Waals surface area contributed by atoms with Gasteiger partial charge in [-0.15, -0.1) is 12.4 Å². The van der Waals surface area contributed by atoms with Crippen LogP contribution in [0.2, 0.25) is 0 Å². The van der Waals surface area contributed by atoms with Gasteiger partial charge in [-0.25, -0.2) is 4.79 Å². The Hall–Kier alpha value is -6.54. The van der Waals surface area contributed by atoms with Gasteiger partial charge in [0.1, 0.15) is 42.5 Å². The van der Waals surface area contributed by atoms with Gasteiger partial charge < -0.3 is 39.2 Å². The van der Waals surface area contributed by atoms with Crippen LogP contribution in [0.1, 0.15) is 175 Å². The topological polar surface area (TPSA) is 164 Å². The van der Waals surface area contributed by atoms with E-state index in [2.05, 4.69) is 5.32 Å². The van der Waals surface area contributed by atoms with Gasteiger partial charge in [0.25, 0.3) is 0 Å². The van der Waals surface area contributed by atoms with Crippen molar-refractivity contribution < 1.29 is 74.4 Å². The molecule has 0 aromatic heterocycles. The van der Waals surface area contributed by atoms with Crippen LogP contribution in [0, 0.1) is 0 Å². The zero-order chi connectivity index (χ0) is 60.3. The smallest absolute Gasteiger partial charge is 0.416 e. The van der Waals surface area contributed by atoms with E-state index in [4.69, 9.17) is 24.1 Å². The molecular weight excluding hydrogens is 1120 g/mol. The number of rotatable bonds is 18. The van der Waals surface area contributed by atoms with Crippen LogP contribution in [0.5, 0.6) is 11.5 Å². The average molecular weight is 1200 g/mol. The third kappa shape index (κ3) is 19.2. The summed E-state index contributed by atoms with van der Waals surface area (Å²) in [6, 6.07) is 19.5. The van der Waals surface area contributed by atoms with Crippen molar-refractivity contribution in [1.82, 2.24) is 10.2 Å². The van der Waals surface area contributed by atoms with Gasteiger partial charge in [0.15, 0.2) is 0 Å². The Morgan fingerprint density at radius 1 is 0.595 bits per heavy atom. The number of aliphatic carboxylic acids is 1. The lowest BCUT2D eigenvalue weighted by molar-refractivity contribution is -0.155. The highest BCUT2D eigenvalue weighted by Gasteiger charge is 2.37. The second kappa shape index (κ2) is 29.0. The monoisotopic (exact) mass is 1200 g/mol. The number of fused-ring (bicyclic) bond motifs is 2. The number of carboxylic acids is 1. The van der Waals surface area contributed by atoms with Gasteiger partial charge in [0.05, 0.1) is 30.5 Å². The fraction of sp³-hybridized carbons (Fsp3) is 0.540. The third-order valence-electron chi connectivity index (χ3n) is 15.1. The van der Waals surface area contributed by atoms with Crippen LogP contribution >= 0.6 is 12.4 Å². The molecule has 0 saturated heterocycles. The van der Waals surface area contributed by atoms with Crippen LogP contribution in [0.4, 0.5) is 42.5 Å². The molecule has 4 aromatic rings. The Morgan fingerprint density at radius 2 is 1.05 bits per heavy atom. The molecule has 21 heteroatoms. The largest absolute Gasteiger partial charge is 0.489 e. The average Bonchev–Trinajstić information content (AvgIpc) is 4.19. The minimum absolute atomic E-state index is 0. The number of carbonyl (C=O) groups excluding carboxylic acids is 4. The molecule has 4 aromatic carbocycles. The lowest BCUT2D eigenvalue weighted by Crippen LogP contribution is -2.45. The second-order valence-corrected chi connectivity index (χ2v) is 23.8. The molecule has 14 nitrogen and oxygen atoms in total. The molecule has 2 saturated carbocycles. The maximum atomic E-state index is 14.0. The quantitative estimate of drug-likeness (QED) is 0.0553. The van der Waals surface area contributed by atoms with E-state index in [-0.39, 0.29) is 99.4 Å². The van der Waals surface area contributed by atoms with Crippen molar-refractivity contribution in [3.8, 4) is 11.5 Å². The first-order chi connectivity index (χ1) is 39.1. The van der Waals surface area contributed by atoms with Crippen LogP contribution in [-0.4, -0.2) is 90.3 Å². The summed E-state index contributed by atoms with van der Waals surface area (Å²) in [5.74, 6) is -0.770. The van der Waals surface area contributed by atoms with Gasteiger partial charge in [0.2, 0.25) is 11.8 Å². The number of amides is 3. The number of nitrogens with one attached hydrogen (secondary N) is 1. The molecule has 2 heterocycles. The molecule has 0 spiro atoms. The van der Waals surface area contributed by atoms with Crippen LogP contribution in [-0.2, 0) is 67.1 Å². The Morgan fingerprint density at radius 3 is 1.48 bits per heavy atom. The summed E-state index contributed by atoms with van der Waals surface area (Å²) < 4.78 is 106. The number of esters is 1. The molecule has 2 aliphatic carbocycles. The minimum atomic E-state index is -4.50. The summed E-state index contributed by atoms with van der Waals surface area (Å²) in [6.07, 6.45) is 1.40. The zero-order valence-electron chi connectivity index (χ0n) is 48.8. The first kappa shape index (κ1) is 66.6. The van der Waals surface area contributed by atoms with Crippen molar-refractivity contribution in [2.45, 2.75) is 180 Å². The summed E-state index contributed by atoms with van der Waals surface area (Å²) >= 11 is 0. The molecule has 460 valence electrons. The number of hydrogen-bond acceptors (Lipinski definition) is 10. The van der Waals surface area contributed by atoms with Crippen molar-refractivity contribution >= 4 is 53.6 Å². The summed E-state index contributed by atoms with van der Waals surface area (Å²) in [5, 5.41) is 11.5. The molecule has 2 aliphatic heterocycles. The number of hydrogen-bond donors (Lipinski definition) is 2. The first-order valence-electron chi connectivity index (χ1n) is 28.8. The normalized spacial score (nSPS) is 15.7. The minimum Gasteiger partial charge on any atom is -0.489 e. The molecule has 3 amide bonds. The van der Waals surface area contributed by atoms with Gasteiger partial charge in [-0.3, -0.25) is 24.1 Å². The Labute approximate surface area is 494 Å². The van der Waals surface area contributed by atoms with Gasteiger partial charge in [-0.05, 0) is 163 Å². The van der Waals surface area contributed by atoms with Crippen molar-refractivity contribution in [3.05, 3.63) is 117 Å². The first-order valence-corrected chi connectivity index (χ1v) is 28.8. The SMILES string of the molecule is CC(C)(C)OC(=O)CCN(CC(=O)N1CCc2cc(OCc3ccc(C4CCCCC4)cc3C(F)(F)F)ccc21)C(=O)OC(C)(C)C.Cl.O=C(O)CCNCC(=O)N1CCc2cc(OCc3ccc(C4CCCCC4)cc3C(F)(F)F)ccc21. The van der Waals surface area contributed by atoms with Crippen LogP contribution < -0.4 is 24.6 Å². The number of ether oxygens (including phenoxy) is 4. The molecule has 2 fully saturated rings. The number of nitrogens with zero attached hydrogens (tertiary/aromatic N) is 3. The van der Waals surface area contributed by atoms with Crippen molar-refractivity contribution in [1.29, 1.82) is 0 Å². The molecule has 8 rings (SSSR count). The molecule has 2 N–H and O–H groups in total. The molecule has 0 radical (unpaired) electrons. The van der Waals surface area contributed by atoms with E-state index in [1.54, 1.807) is 99.9 Å². The Kier molecular flexibility index (Phi) is 23.0. The van der Waals surface area contributed by atoms with Crippen molar-refractivity contribution in [3.63, 3.8) is 0 Å². The van der Waals surface area contributed by atoms with Crippen LogP contribution in [0.15, 0.2) is 72.8 Å². The fourth-order valence-corrected chi connectivity index (χ4v) is 11.0. The van der Waals surface area contributed by atoms with Gasteiger partial charge in [-0.2, -0.15) is 26.3 Å². The molecule has 84 heavy (non-hydrogen) atoms. The Balaban J connectivity index is 0.000000275. The lowest BCUT2D eigenvalue weighted by atomic mass is 9.83. The maximum Gasteiger partial charge on any atom is 0.416 e. The summed E-state index contributed by atoms with van der Waals surface area (Å²) in [4.78, 5) is 66.2. The highest BCUT2D eigenvalue weighted by molar-refractivity contribution is 5.98. The van der Waals surface area contributed by atoms with E-state index in [9.17, 15) is 50.3 Å². The zero-order valence-corrected chi connectivity index (χ0v) is 49.6. The highest BCUT2D eigenvalue weighted by atomic mass is 35.5. The molecule has 0 bridgehead atoms. The number of benzene rings is 4. The molecular formula is C63H79ClF6N4O10. The summed E-state index contributed by atoms with van der Waals surface area (Å²) in [6.45, 7) is 10.6. The van der Waals surface area contributed by atoms with E-state index < -0.39 is 52.7 Å². The maximum absolute atomic E-state index is 14.0. The summed E-state index contributed by atoms with van der Waals surface area (Å²) in [7, 11) is 0. The van der Waals surface area contributed by atoms with Crippen LogP contribution in [0.25, 0.3) is 0 Å². The van der Waals surface area contributed by atoms with E-state index in [0.29, 0.717) is 43.1 Å².